The molecule has 1 atom stereocenters. The number of benzene rings is 2. The van der Waals surface area contributed by atoms with Gasteiger partial charge >= 0.3 is 0 Å². The number of nitrogens with zero attached hydrogens (tertiary/aromatic N) is 2. The summed E-state index contributed by atoms with van der Waals surface area (Å²) in [7, 11) is 3.78. The number of ether oxygens (including phenoxy) is 1. The molecule has 1 fully saturated rings. The number of unbranched alkanes of at least 4 members (excludes halogenated alkanes) is 1. The number of amides is 1. The number of aryl methyl sites for hydroxylation is 1. The number of aliphatic hydroxyl groups excluding tert-OH is 1. The fourth-order valence-electron chi connectivity index (χ4n) is 3.86. The summed E-state index contributed by atoms with van der Waals surface area (Å²) in [6, 6.07) is 10.8. The van der Waals surface area contributed by atoms with Crippen LogP contribution in [0.5, 0.6) is 11.5 Å². The maximum atomic E-state index is 13.1. The van der Waals surface area contributed by atoms with E-state index in [1.807, 2.05) is 25.9 Å². The fraction of sp³-hybridized carbons (Fsp3) is 0.385. The van der Waals surface area contributed by atoms with Gasteiger partial charge in [-0.1, -0.05) is 25.5 Å². The minimum atomic E-state index is -0.744. The maximum absolute atomic E-state index is 13.1. The molecule has 2 aromatic rings. The first kappa shape index (κ1) is 24.3. The van der Waals surface area contributed by atoms with E-state index in [2.05, 4.69) is 6.92 Å². The SMILES string of the molecule is CCCCOc1ccc(/C(O)=C2\C(=O)C(=O)N(CCN(C)C)[C@H]2c2ccc(O)cc2)cc1C. The van der Waals surface area contributed by atoms with E-state index >= 15 is 0 Å². The summed E-state index contributed by atoms with van der Waals surface area (Å²) in [5, 5.41) is 20.9. The third kappa shape index (κ3) is 5.37. The van der Waals surface area contributed by atoms with Crippen molar-refractivity contribution in [2.75, 3.05) is 33.8 Å². The first-order valence-corrected chi connectivity index (χ1v) is 11.2. The fourth-order valence-corrected chi connectivity index (χ4v) is 3.86. The van der Waals surface area contributed by atoms with Crippen molar-refractivity contribution in [1.82, 2.24) is 9.80 Å². The molecule has 33 heavy (non-hydrogen) atoms. The highest BCUT2D eigenvalue weighted by Gasteiger charge is 2.45. The second-order valence-electron chi connectivity index (χ2n) is 8.57. The number of Topliss-reactive ketones (excluding diaryl/α,β-unsaturated/α-hetero) is 1. The van der Waals surface area contributed by atoms with Crippen LogP contribution in [0.4, 0.5) is 0 Å². The lowest BCUT2D eigenvalue weighted by Crippen LogP contribution is -2.35. The van der Waals surface area contributed by atoms with Gasteiger partial charge in [0.05, 0.1) is 18.2 Å². The predicted molar refractivity (Wildman–Crippen MR) is 127 cm³/mol. The molecular weight excluding hydrogens is 420 g/mol. The van der Waals surface area contributed by atoms with Crippen molar-refractivity contribution in [2.24, 2.45) is 0 Å². The van der Waals surface area contributed by atoms with E-state index in [-0.39, 0.29) is 17.1 Å². The molecule has 0 spiro atoms. The highest BCUT2D eigenvalue weighted by atomic mass is 16.5. The number of carbonyl (C=O) groups excluding carboxylic acids is 2. The van der Waals surface area contributed by atoms with Gasteiger partial charge in [-0.05, 0) is 68.9 Å². The number of aromatic hydroxyl groups is 1. The zero-order chi connectivity index (χ0) is 24.1. The summed E-state index contributed by atoms with van der Waals surface area (Å²) in [6.45, 7) is 5.47. The molecule has 0 unspecified atom stereocenters. The van der Waals surface area contributed by atoms with Gasteiger partial charge in [-0.25, -0.2) is 0 Å². The molecule has 0 aliphatic carbocycles. The van der Waals surface area contributed by atoms with Gasteiger partial charge in [0.2, 0.25) is 0 Å². The molecule has 0 bridgehead atoms. The van der Waals surface area contributed by atoms with Gasteiger partial charge in [-0.15, -0.1) is 0 Å². The average Bonchev–Trinajstić information content (AvgIpc) is 3.03. The Balaban J connectivity index is 2.04. The summed E-state index contributed by atoms with van der Waals surface area (Å²) in [5.41, 5.74) is 1.97. The Labute approximate surface area is 194 Å². The van der Waals surface area contributed by atoms with Crippen molar-refractivity contribution >= 4 is 17.4 Å². The summed E-state index contributed by atoms with van der Waals surface area (Å²) in [4.78, 5) is 29.4. The molecule has 176 valence electrons. The van der Waals surface area contributed by atoms with Crippen molar-refractivity contribution in [3.05, 3.63) is 64.7 Å². The molecule has 0 radical (unpaired) electrons. The monoisotopic (exact) mass is 452 g/mol. The van der Waals surface area contributed by atoms with Crippen LogP contribution < -0.4 is 4.74 Å². The van der Waals surface area contributed by atoms with Gasteiger partial charge < -0.3 is 24.7 Å². The Morgan fingerprint density at radius 3 is 2.42 bits per heavy atom. The number of hydrogen-bond acceptors (Lipinski definition) is 6. The molecular formula is C26H32N2O5. The zero-order valence-electron chi connectivity index (χ0n) is 19.7. The van der Waals surface area contributed by atoms with Crippen LogP contribution in [0.25, 0.3) is 5.76 Å². The maximum Gasteiger partial charge on any atom is 0.295 e. The number of phenols is 1. The van der Waals surface area contributed by atoms with Crippen molar-refractivity contribution < 1.29 is 24.5 Å². The van der Waals surface area contributed by atoms with Crippen LogP contribution in [0.15, 0.2) is 48.0 Å². The van der Waals surface area contributed by atoms with Crippen LogP contribution in [0.2, 0.25) is 0 Å². The number of aliphatic hydroxyl groups is 1. The second kappa shape index (κ2) is 10.5. The average molecular weight is 453 g/mol. The molecule has 1 aliphatic heterocycles. The zero-order valence-corrected chi connectivity index (χ0v) is 19.7. The molecule has 1 heterocycles. The number of ketones is 1. The van der Waals surface area contributed by atoms with E-state index in [1.165, 1.54) is 17.0 Å². The Morgan fingerprint density at radius 2 is 1.82 bits per heavy atom. The molecule has 0 aromatic heterocycles. The molecule has 0 saturated carbocycles. The van der Waals surface area contributed by atoms with Crippen molar-refractivity contribution in [2.45, 2.75) is 32.7 Å². The van der Waals surface area contributed by atoms with E-state index in [9.17, 15) is 19.8 Å². The number of likely N-dealkylation sites (tertiary alicyclic amines) is 1. The largest absolute Gasteiger partial charge is 0.508 e. The molecule has 1 saturated heterocycles. The van der Waals surface area contributed by atoms with E-state index in [1.54, 1.807) is 30.3 Å². The number of rotatable bonds is 9. The summed E-state index contributed by atoms with van der Waals surface area (Å²) in [6.07, 6.45) is 1.98. The van der Waals surface area contributed by atoms with Gasteiger partial charge in [-0.3, -0.25) is 9.59 Å². The highest BCUT2D eigenvalue weighted by molar-refractivity contribution is 6.46. The number of phenolic OH excluding ortho intramolecular Hbond substituents is 1. The predicted octanol–water partition coefficient (Wildman–Crippen LogP) is 3.86. The number of likely N-dealkylation sites (N-methyl/N-ethyl adjacent to an activating group) is 1. The third-order valence-electron chi connectivity index (χ3n) is 5.74. The molecule has 7 nitrogen and oxygen atoms in total. The van der Waals surface area contributed by atoms with E-state index in [0.29, 0.717) is 30.8 Å². The Hall–Kier alpha value is -3.32. The molecule has 3 rings (SSSR count). The Kier molecular flexibility index (Phi) is 7.76. The minimum absolute atomic E-state index is 0.0449. The Morgan fingerprint density at radius 1 is 1.12 bits per heavy atom. The Bertz CT molecular complexity index is 1040. The summed E-state index contributed by atoms with van der Waals surface area (Å²) in [5.74, 6) is -0.778. The molecule has 2 aromatic carbocycles. The standard InChI is InChI=1S/C26H32N2O5/c1-5-6-15-33-21-12-9-19(16-17(21)2)24(30)22-23(18-7-10-20(29)11-8-18)28(14-13-27(3)4)26(32)25(22)31/h7-12,16,23,29-30H,5-6,13-15H2,1-4H3/b24-22+/t23-/m0/s1. The lowest BCUT2D eigenvalue weighted by molar-refractivity contribution is -0.140. The van der Waals surface area contributed by atoms with Gasteiger partial charge in [0.25, 0.3) is 11.7 Å². The van der Waals surface area contributed by atoms with Crippen LogP contribution in [-0.4, -0.2) is 65.5 Å². The molecule has 1 amide bonds. The van der Waals surface area contributed by atoms with E-state index in [4.69, 9.17) is 4.74 Å². The van der Waals surface area contributed by atoms with Crippen LogP contribution in [0.1, 0.15) is 42.5 Å². The van der Waals surface area contributed by atoms with Gasteiger partial charge in [0, 0.05) is 18.7 Å². The molecule has 2 N–H and O–H groups in total. The van der Waals surface area contributed by atoms with E-state index < -0.39 is 17.7 Å². The summed E-state index contributed by atoms with van der Waals surface area (Å²) >= 11 is 0. The molecule has 7 heteroatoms. The van der Waals surface area contributed by atoms with Crippen LogP contribution in [0.3, 0.4) is 0 Å². The van der Waals surface area contributed by atoms with E-state index in [0.717, 1.165) is 24.2 Å². The summed E-state index contributed by atoms with van der Waals surface area (Å²) < 4.78 is 5.79. The topological polar surface area (TPSA) is 90.3 Å². The molecule has 1 aliphatic rings. The number of hydrogen-bond donors (Lipinski definition) is 2. The lowest BCUT2D eigenvalue weighted by atomic mass is 9.94. The van der Waals surface area contributed by atoms with Crippen molar-refractivity contribution in [1.29, 1.82) is 0 Å². The van der Waals surface area contributed by atoms with Gasteiger partial charge in [-0.2, -0.15) is 0 Å². The first-order valence-electron chi connectivity index (χ1n) is 11.2. The first-order chi connectivity index (χ1) is 15.7. The quantitative estimate of drug-likeness (QED) is 0.260. The third-order valence-corrected chi connectivity index (χ3v) is 5.74. The van der Waals surface area contributed by atoms with Crippen molar-refractivity contribution in [3.8, 4) is 11.5 Å². The van der Waals surface area contributed by atoms with Crippen LogP contribution in [0, 0.1) is 6.92 Å². The lowest BCUT2D eigenvalue weighted by Gasteiger charge is -2.26. The smallest absolute Gasteiger partial charge is 0.295 e. The highest BCUT2D eigenvalue weighted by Crippen LogP contribution is 2.40. The van der Waals surface area contributed by atoms with Crippen molar-refractivity contribution in [3.63, 3.8) is 0 Å². The van der Waals surface area contributed by atoms with Gasteiger partial charge in [0.1, 0.15) is 17.3 Å². The van der Waals surface area contributed by atoms with Gasteiger partial charge in [0.15, 0.2) is 0 Å². The van der Waals surface area contributed by atoms with Crippen LogP contribution in [-0.2, 0) is 9.59 Å². The second-order valence-corrected chi connectivity index (χ2v) is 8.57. The minimum Gasteiger partial charge on any atom is -0.508 e. The normalized spacial score (nSPS) is 17.7. The number of carbonyl (C=O) groups is 2. The van der Waals surface area contributed by atoms with Crippen LogP contribution >= 0.6 is 0 Å².